The smallest absolute Gasteiger partial charge is 0.430 e. The molecular formula is C14H10F16O7. The maximum Gasteiger partial charge on any atom is 0.508 e. The lowest BCUT2D eigenvalue weighted by Crippen LogP contribution is -2.61. The first-order valence-electron chi connectivity index (χ1n) is 8.63. The summed E-state index contributed by atoms with van der Waals surface area (Å²) in [4.78, 5) is 10.6. The third kappa shape index (κ3) is 7.52. The summed E-state index contributed by atoms with van der Waals surface area (Å²) in [6.45, 7) is -5.09. The molecule has 0 aromatic carbocycles. The summed E-state index contributed by atoms with van der Waals surface area (Å²) in [6, 6.07) is 0. The van der Waals surface area contributed by atoms with Gasteiger partial charge in [0.15, 0.2) is 6.10 Å². The van der Waals surface area contributed by atoms with Crippen molar-refractivity contribution in [3.8, 4) is 0 Å². The number of halogens is 16. The number of alkyl halides is 16. The molecular weight excluding hydrogens is 584 g/mol. The average Bonchev–Trinajstić information content (AvgIpc) is 3.02. The van der Waals surface area contributed by atoms with E-state index in [1.54, 1.807) is 9.47 Å². The van der Waals surface area contributed by atoms with E-state index in [4.69, 9.17) is 0 Å². The van der Waals surface area contributed by atoms with Crippen molar-refractivity contribution in [2.75, 3.05) is 19.8 Å². The number of hydrogen-bond donors (Lipinski definition) is 0. The molecule has 0 saturated carbocycles. The average molecular weight is 594 g/mol. The Labute approximate surface area is 192 Å². The van der Waals surface area contributed by atoms with Gasteiger partial charge in [-0.15, -0.1) is 0 Å². The summed E-state index contributed by atoms with van der Waals surface area (Å²) in [5.41, 5.74) is 0. The zero-order valence-corrected chi connectivity index (χ0v) is 17.1. The normalized spacial score (nSPS) is 19.2. The zero-order chi connectivity index (χ0) is 29.5. The maximum atomic E-state index is 13.4. The molecule has 0 aliphatic carbocycles. The number of carbonyl (C=O) groups excluding carboxylic acids is 1. The number of carbonyl (C=O) groups is 1. The number of hydrogen-bond acceptors (Lipinski definition) is 7. The highest BCUT2D eigenvalue weighted by Crippen LogP contribution is 2.52. The fourth-order valence-electron chi connectivity index (χ4n) is 1.85. The van der Waals surface area contributed by atoms with Gasteiger partial charge in [0.1, 0.15) is 13.2 Å². The third-order valence-corrected chi connectivity index (χ3v) is 3.61. The van der Waals surface area contributed by atoms with E-state index < -0.39 is 87.5 Å². The van der Waals surface area contributed by atoms with Crippen LogP contribution in [0.15, 0.2) is 0 Å². The minimum Gasteiger partial charge on any atom is -0.430 e. The minimum atomic E-state index is -7.51. The molecule has 1 unspecified atom stereocenters. The predicted octanol–water partition coefficient (Wildman–Crippen LogP) is 5.44. The van der Waals surface area contributed by atoms with Crippen LogP contribution in [0.4, 0.5) is 75.0 Å². The molecule has 1 heterocycles. The maximum absolute atomic E-state index is 13.4. The summed E-state index contributed by atoms with van der Waals surface area (Å²) in [5, 5.41) is 0. The van der Waals surface area contributed by atoms with Crippen LogP contribution in [0, 0.1) is 0 Å². The summed E-state index contributed by atoms with van der Waals surface area (Å²) >= 11 is 0. The van der Waals surface area contributed by atoms with Gasteiger partial charge in [-0.2, -0.15) is 70.2 Å². The predicted molar refractivity (Wildman–Crippen MR) is 75.5 cm³/mol. The molecule has 220 valence electrons. The van der Waals surface area contributed by atoms with E-state index in [1.807, 2.05) is 0 Å². The Kier molecular flexibility index (Phi) is 8.87. The molecule has 1 fully saturated rings. The van der Waals surface area contributed by atoms with E-state index in [-0.39, 0.29) is 0 Å². The first-order chi connectivity index (χ1) is 16.1. The van der Waals surface area contributed by atoms with Gasteiger partial charge in [-0.05, 0) is 0 Å². The van der Waals surface area contributed by atoms with E-state index in [0.29, 0.717) is 0 Å². The Balaban J connectivity index is 2.96. The molecule has 0 aromatic rings. The van der Waals surface area contributed by atoms with Crippen LogP contribution in [0.25, 0.3) is 0 Å². The molecule has 0 bridgehead atoms. The molecule has 7 nitrogen and oxygen atoms in total. The lowest BCUT2D eigenvalue weighted by atomic mass is 10.2. The second-order valence-electron chi connectivity index (χ2n) is 6.81. The van der Waals surface area contributed by atoms with E-state index in [9.17, 15) is 75.0 Å². The van der Waals surface area contributed by atoms with Crippen molar-refractivity contribution in [2.45, 2.75) is 61.5 Å². The van der Waals surface area contributed by atoms with Crippen LogP contribution < -0.4 is 0 Å². The highest BCUT2D eigenvalue weighted by molar-refractivity contribution is 5.61. The molecule has 0 amide bonds. The Bertz CT molecular complexity index is 812. The van der Waals surface area contributed by atoms with Gasteiger partial charge in [-0.1, -0.05) is 0 Å². The number of ether oxygens (including phenoxy) is 6. The van der Waals surface area contributed by atoms with Gasteiger partial charge in [0, 0.05) is 6.92 Å². The molecule has 0 spiro atoms. The van der Waals surface area contributed by atoms with Gasteiger partial charge >= 0.3 is 54.7 Å². The van der Waals surface area contributed by atoms with Gasteiger partial charge < -0.3 is 14.2 Å². The fourth-order valence-corrected chi connectivity index (χ4v) is 1.85. The number of cyclic esters (lactones) is 2. The molecule has 0 radical (unpaired) electrons. The highest BCUT2D eigenvalue weighted by Gasteiger charge is 2.78. The third-order valence-electron chi connectivity index (χ3n) is 3.61. The second kappa shape index (κ2) is 9.94. The Morgan fingerprint density at radius 2 is 1.11 bits per heavy atom. The van der Waals surface area contributed by atoms with Gasteiger partial charge in [0.25, 0.3) is 0 Å². The Hall–Kier alpha value is -2.01. The molecule has 0 N–H and O–H groups in total. The summed E-state index contributed by atoms with van der Waals surface area (Å²) < 4.78 is 228. The van der Waals surface area contributed by atoms with Gasteiger partial charge in [0.2, 0.25) is 0 Å². The summed E-state index contributed by atoms with van der Waals surface area (Å²) in [7, 11) is 0. The number of rotatable bonds is 14. The standard InChI is InChI=1S/C14H10F16O7/c1-7(15,16)9(19,20)10(21,22)36-13(27,28)14(29,30)37-12(25,26)11(23,24)35-8(17,18)4-32-2-5-3-33-6(31)34-5/h5H,2-4H2,1H3. The van der Waals surface area contributed by atoms with Crippen molar-refractivity contribution in [3.05, 3.63) is 0 Å². The van der Waals surface area contributed by atoms with E-state index in [0.717, 1.165) is 0 Å². The summed E-state index contributed by atoms with van der Waals surface area (Å²) in [5.74, 6) is -13.0. The molecule has 1 saturated heterocycles. The topological polar surface area (TPSA) is 72.5 Å². The van der Waals surface area contributed by atoms with Crippen LogP contribution >= 0.6 is 0 Å². The molecule has 1 aliphatic heterocycles. The molecule has 1 aliphatic rings. The molecule has 37 heavy (non-hydrogen) atoms. The van der Waals surface area contributed by atoms with Crippen LogP contribution in [-0.4, -0.2) is 80.6 Å². The van der Waals surface area contributed by atoms with E-state index >= 15 is 0 Å². The molecule has 1 rings (SSSR count). The van der Waals surface area contributed by atoms with Crippen LogP contribution in [0.5, 0.6) is 0 Å². The van der Waals surface area contributed by atoms with Crippen molar-refractivity contribution >= 4 is 6.16 Å². The zero-order valence-electron chi connectivity index (χ0n) is 17.1. The molecule has 0 aromatic heterocycles. The van der Waals surface area contributed by atoms with Gasteiger partial charge in [-0.25, -0.2) is 19.0 Å². The minimum absolute atomic E-state index is 0.598. The first-order valence-corrected chi connectivity index (χ1v) is 8.63. The molecule has 23 heteroatoms. The van der Waals surface area contributed by atoms with E-state index in [1.165, 1.54) is 0 Å². The largest absolute Gasteiger partial charge is 0.508 e. The van der Waals surface area contributed by atoms with Crippen molar-refractivity contribution in [3.63, 3.8) is 0 Å². The van der Waals surface area contributed by atoms with Crippen molar-refractivity contribution in [2.24, 2.45) is 0 Å². The lowest BCUT2D eigenvalue weighted by Gasteiger charge is -2.36. The first kappa shape index (κ1) is 33.0. The molecule has 1 atom stereocenters. The van der Waals surface area contributed by atoms with Crippen molar-refractivity contribution in [1.82, 2.24) is 0 Å². The summed E-state index contributed by atoms with van der Waals surface area (Å²) in [6.07, 6.45) is -44.9. The van der Waals surface area contributed by atoms with Crippen LogP contribution in [0.1, 0.15) is 6.92 Å². The quantitative estimate of drug-likeness (QED) is 0.196. The van der Waals surface area contributed by atoms with Gasteiger partial charge in [0.05, 0.1) is 6.61 Å². The SMILES string of the molecule is CC(F)(F)C(F)(F)C(F)(F)OC(F)(F)C(F)(F)OC(F)(F)C(F)(F)OC(F)(F)COCC1COC(=O)O1. The lowest BCUT2D eigenvalue weighted by molar-refractivity contribution is -0.566. The van der Waals surface area contributed by atoms with Crippen LogP contribution in [0.3, 0.4) is 0 Å². The highest BCUT2D eigenvalue weighted by atomic mass is 19.4. The van der Waals surface area contributed by atoms with E-state index in [2.05, 4.69) is 18.9 Å². The van der Waals surface area contributed by atoms with Gasteiger partial charge in [-0.3, -0.25) is 0 Å². The van der Waals surface area contributed by atoms with Crippen molar-refractivity contribution in [1.29, 1.82) is 0 Å². The second-order valence-corrected chi connectivity index (χ2v) is 6.81. The Morgan fingerprint density at radius 1 is 0.703 bits per heavy atom. The van der Waals surface area contributed by atoms with Crippen LogP contribution in [-0.2, 0) is 28.4 Å². The van der Waals surface area contributed by atoms with Crippen molar-refractivity contribution < 1.29 is 103 Å². The monoisotopic (exact) mass is 594 g/mol. The van der Waals surface area contributed by atoms with Crippen LogP contribution in [0.2, 0.25) is 0 Å². The fraction of sp³-hybridized carbons (Fsp3) is 0.929. The Morgan fingerprint density at radius 3 is 1.49 bits per heavy atom.